The molecule has 0 radical (unpaired) electrons. The lowest BCUT2D eigenvalue weighted by Crippen LogP contribution is -2.37. The third-order valence-corrected chi connectivity index (χ3v) is 4.20. The van der Waals surface area contributed by atoms with Gasteiger partial charge in [-0.1, -0.05) is 0 Å². The minimum atomic E-state index is -3.77. The zero-order valence-electron chi connectivity index (χ0n) is 10.4. The second-order valence-electron chi connectivity index (χ2n) is 4.00. The van der Waals surface area contributed by atoms with Gasteiger partial charge in [0, 0.05) is 21.1 Å². The number of sulfonamides is 1. The van der Waals surface area contributed by atoms with Gasteiger partial charge in [-0.05, 0) is 24.3 Å². The molecule has 1 rings (SSSR count). The minimum Gasteiger partial charge on any atom is -0.348 e. The summed E-state index contributed by atoms with van der Waals surface area (Å²) in [6.45, 7) is -0.257. The molecule has 1 amide bonds. The average molecular weight is 274 g/mol. The molecule has 0 N–H and O–H groups in total. The predicted molar refractivity (Wildman–Crippen MR) is 64.9 cm³/mol. The number of nitrogens with zero attached hydrogens (tertiary/aromatic N) is 2. The van der Waals surface area contributed by atoms with E-state index in [4.69, 9.17) is 0 Å². The summed E-state index contributed by atoms with van der Waals surface area (Å²) in [6.07, 6.45) is 0. The minimum absolute atomic E-state index is 0.0436. The number of likely N-dealkylation sites (N-methyl/N-ethyl adjacent to an activating group) is 2. The maximum absolute atomic E-state index is 12.7. The Hall–Kier alpha value is -1.47. The first kappa shape index (κ1) is 14.6. The predicted octanol–water partition coefficient (Wildman–Crippen LogP) is 0.534. The molecule has 0 heterocycles. The zero-order valence-corrected chi connectivity index (χ0v) is 11.2. The normalized spacial score (nSPS) is 11.6. The molecule has 0 aliphatic heterocycles. The SMILES string of the molecule is CN(C)C(=O)CN(C)S(=O)(=O)c1ccc(F)cc1. The average Bonchev–Trinajstić information content (AvgIpc) is 2.29. The number of benzene rings is 1. The summed E-state index contributed by atoms with van der Waals surface area (Å²) < 4.78 is 37.7. The van der Waals surface area contributed by atoms with Crippen LogP contribution in [-0.2, 0) is 14.8 Å². The molecule has 0 atom stereocenters. The van der Waals surface area contributed by atoms with Gasteiger partial charge in [-0.25, -0.2) is 12.8 Å². The number of hydrogen-bond acceptors (Lipinski definition) is 3. The van der Waals surface area contributed by atoms with E-state index < -0.39 is 15.8 Å². The lowest BCUT2D eigenvalue weighted by molar-refractivity contribution is -0.128. The highest BCUT2D eigenvalue weighted by molar-refractivity contribution is 7.89. The van der Waals surface area contributed by atoms with Gasteiger partial charge in [0.25, 0.3) is 0 Å². The summed E-state index contributed by atoms with van der Waals surface area (Å²) in [5.41, 5.74) is 0. The molecule has 0 aliphatic carbocycles. The lowest BCUT2D eigenvalue weighted by atomic mass is 10.4. The highest BCUT2D eigenvalue weighted by Gasteiger charge is 2.23. The van der Waals surface area contributed by atoms with E-state index in [1.54, 1.807) is 14.1 Å². The highest BCUT2D eigenvalue weighted by Crippen LogP contribution is 2.14. The molecule has 0 aliphatic rings. The topological polar surface area (TPSA) is 57.7 Å². The van der Waals surface area contributed by atoms with Crippen LogP contribution in [0.5, 0.6) is 0 Å². The smallest absolute Gasteiger partial charge is 0.243 e. The number of hydrogen-bond donors (Lipinski definition) is 0. The van der Waals surface area contributed by atoms with Gasteiger partial charge in [-0.2, -0.15) is 4.31 Å². The molecule has 5 nitrogen and oxygen atoms in total. The Kier molecular flexibility index (Phi) is 4.42. The summed E-state index contributed by atoms with van der Waals surface area (Å²) in [5, 5.41) is 0. The van der Waals surface area contributed by atoms with Crippen LogP contribution in [0.4, 0.5) is 4.39 Å². The fraction of sp³-hybridized carbons (Fsp3) is 0.364. The van der Waals surface area contributed by atoms with Crippen LogP contribution in [0, 0.1) is 5.82 Å². The van der Waals surface area contributed by atoms with Crippen molar-refractivity contribution < 1.29 is 17.6 Å². The summed E-state index contributed by atoms with van der Waals surface area (Å²) in [6, 6.07) is 4.46. The first-order chi connectivity index (χ1) is 8.25. The Bertz CT molecular complexity index is 526. The molecule has 0 spiro atoms. The van der Waals surface area contributed by atoms with Crippen molar-refractivity contribution >= 4 is 15.9 Å². The summed E-state index contributed by atoms with van der Waals surface area (Å²) in [5.74, 6) is -0.843. The van der Waals surface area contributed by atoms with Crippen molar-refractivity contribution in [2.24, 2.45) is 0 Å². The van der Waals surface area contributed by atoms with E-state index in [9.17, 15) is 17.6 Å². The molecule has 0 unspecified atom stereocenters. The Labute approximate surface area is 106 Å². The lowest BCUT2D eigenvalue weighted by Gasteiger charge is -2.19. The summed E-state index contributed by atoms with van der Waals surface area (Å²) in [7, 11) is 0.625. The fourth-order valence-electron chi connectivity index (χ4n) is 1.20. The van der Waals surface area contributed by atoms with Crippen LogP contribution in [0.25, 0.3) is 0 Å². The maximum atomic E-state index is 12.7. The molecular weight excluding hydrogens is 259 g/mol. The number of carbonyl (C=O) groups excluding carboxylic acids is 1. The van der Waals surface area contributed by atoms with Crippen LogP contribution in [-0.4, -0.2) is 51.2 Å². The van der Waals surface area contributed by atoms with E-state index in [2.05, 4.69) is 0 Å². The molecule has 0 bridgehead atoms. The number of carbonyl (C=O) groups is 1. The maximum Gasteiger partial charge on any atom is 0.243 e. The van der Waals surface area contributed by atoms with Crippen LogP contribution in [0.1, 0.15) is 0 Å². The molecule has 18 heavy (non-hydrogen) atoms. The van der Waals surface area contributed by atoms with Crippen LogP contribution in [0.15, 0.2) is 29.2 Å². The molecule has 100 valence electrons. The van der Waals surface area contributed by atoms with Gasteiger partial charge >= 0.3 is 0 Å². The quantitative estimate of drug-likeness (QED) is 0.805. The molecule has 0 fully saturated rings. The molecule has 0 saturated carbocycles. The molecule has 0 aromatic heterocycles. The molecule has 1 aromatic carbocycles. The van der Waals surface area contributed by atoms with Crippen LogP contribution >= 0.6 is 0 Å². The van der Waals surface area contributed by atoms with Crippen molar-refractivity contribution in [3.8, 4) is 0 Å². The Balaban J connectivity index is 2.93. The largest absolute Gasteiger partial charge is 0.348 e. The number of rotatable bonds is 4. The van der Waals surface area contributed by atoms with Gasteiger partial charge in [0.2, 0.25) is 15.9 Å². The molecule has 1 aromatic rings. The van der Waals surface area contributed by atoms with E-state index in [0.29, 0.717) is 0 Å². The van der Waals surface area contributed by atoms with E-state index >= 15 is 0 Å². The number of halogens is 1. The van der Waals surface area contributed by atoms with Crippen molar-refractivity contribution in [1.82, 2.24) is 9.21 Å². The third-order valence-electron chi connectivity index (χ3n) is 2.38. The first-order valence-corrected chi connectivity index (χ1v) is 6.61. The van der Waals surface area contributed by atoms with E-state index in [1.165, 1.54) is 24.1 Å². The van der Waals surface area contributed by atoms with Gasteiger partial charge in [0.05, 0.1) is 11.4 Å². The molecule has 7 heteroatoms. The Morgan fingerprint density at radius 2 is 1.67 bits per heavy atom. The van der Waals surface area contributed by atoms with Crippen molar-refractivity contribution in [2.45, 2.75) is 4.90 Å². The second-order valence-corrected chi connectivity index (χ2v) is 6.05. The monoisotopic (exact) mass is 274 g/mol. The van der Waals surface area contributed by atoms with Gasteiger partial charge in [-0.15, -0.1) is 0 Å². The Morgan fingerprint density at radius 3 is 2.11 bits per heavy atom. The van der Waals surface area contributed by atoms with Crippen LogP contribution in [0.3, 0.4) is 0 Å². The fourth-order valence-corrected chi connectivity index (χ4v) is 2.32. The van der Waals surface area contributed by atoms with Crippen molar-refractivity contribution in [3.63, 3.8) is 0 Å². The van der Waals surface area contributed by atoms with Crippen LogP contribution < -0.4 is 0 Å². The summed E-state index contributed by atoms with van der Waals surface area (Å²) >= 11 is 0. The van der Waals surface area contributed by atoms with Gasteiger partial charge in [-0.3, -0.25) is 4.79 Å². The van der Waals surface area contributed by atoms with Crippen molar-refractivity contribution in [1.29, 1.82) is 0 Å². The number of amides is 1. The Morgan fingerprint density at radius 1 is 1.17 bits per heavy atom. The van der Waals surface area contributed by atoms with Gasteiger partial charge < -0.3 is 4.90 Å². The van der Waals surface area contributed by atoms with Crippen molar-refractivity contribution in [3.05, 3.63) is 30.1 Å². The van der Waals surface area contributed by atoms with Crippen LogP contribution in [0.2, 0.25) is 0 Å². The standard InChI is InChI=1S/C11H15FN2O3S/c1-13(2)11(15)8-14(3)18(16,17)10-6-4-9(12)5-7-10/h4-7H,8H2,1-3H3. The first-order valence-electron chi connectivity index (χ1n) is 5.17. The second kappa shape index (κ2) is 5.45. The van der Waals surface area contributed by atoms with Gasteiger partial charge in [0.15, 0.2) is 0 Å². The molecule has 0 saturated heterocycles. The summed E-state index contributed by atoms with van der Waals surface area (Å²) in [4.78, 5) is 12.7. The van der Waals surface area contributed by atoms with E-state index in [-0.39, 0.29) is 17.3 Å². The molecular formula is C11H15FN2O3S. The van der Waals surface area contributed by atoms with Crippen molar-refractivity contribution in [2.75, 3.05) is 27.7 Å². The third kappa shape index (κ3) is 3.27. The van der Waals surface area contributed by atoms with E-state index in [0.717, 1.165) is 16.4 Å². The van der Waals surface area contributed by atoms with Gasteiger partial charge in [0.1, 0.15) is 5.82 Å². The zero-order chi connectivity index (χ0) is 13.9. The highest BCUT2D eigenvalue weighted by atomic mass is 32.2. The van der Waals surface area contributed by atoms with E-state index in [1.807, 2.05) is 0 Å².